The number of piperazine rings is 1. The standard InChI is InChI=1S/C23H28N4O/c24-18-23(10-3-4-11-23)25-22(28)17-27-14-12-26(13-15-27)16-20-8-5-7-19-6-1-2-9-21(19)20/h1-2,5-9H,3-4,10-17H2,(H,25,28)/p+2. The fourth-order valence-electron chi connectivity index (χ4n) is 4.81. The summed E-state index contributed by atoms with van der Waals surface area (Å²) in [6.07, 6.45) is 3.68. The van der Waals surface area contributed by atoms with Crippen molar-refractivity contribution in [2.45, 2.75) is 37.8 Å². The molecule has 1 amide bonds. The molecule has 1 aliphatic carbocycles. The number of carbonyl (C=O) groups is 1. The van der Waals surface area contributed by atoms with Crippen LogP contribution in [-0.4, -0.2) is 44.2 Å². The molecule has 2 aromatic rings. The van der Waals surface area contributed by atoms with Gasteiger partial charge in [-0.3, -0.25) is 4.79 Å². The fourth-order valence-corrected chi connectivity index (χ4v) is 4.81. The lowest BCUT2D eigenvalue weighted by molar-refractivity contribution is -1.02. The summed E-state index contributed by atoms with van der Waals surface area (Å²) in [5.74, 6) is 0.0379. The van der Waals surface area contributed by atoms with Crippen LogP contribution in [0, 0.1) is 11.3 Å². The van der Waals surface area contributed by atoms with Crippen molar-refractivity contribution in [3.8, 4) is 6.07 Å². The minimum Gasteiger partial charge on any atom is -0.333 e. The molecule has 28 heavy (non-hydrogen) atoms. The van der Waals surface area contributed by atoms with Crippen LogP contribution in [0.2, 0.25) is 0 Å². The molecule has 0 unspecified atom stereocenters. The fraction of sp³-hybridized carbons (Fsp3) is 0.478. The maximum Gasteiger partial charge on any atom is 0.276 e. The van der Waals surface area contributed by atoms with Crippen molar-refractivity contribution < 1.29 is 14.6 Å². The SMILES string of the molecule is N#CC1(NC(=O)C[NH+]2CC[NH+](Cc3cccc4ccccc34)CC2)CCCC1. The first-order chi connectivity index (χ1) is 13.7. The third kappa shape index (κ3) is 4.19. The van der Waals surface area contributed by atoms with Gasteiger partial charge in [0.2, 0.25) is 0 Å². The van der Waals surface area contributed by atoms with Crippen LogP contribution in [-0.2, 0) is 11.3 Å². The molecular formula is C23H30N4O+2. The van der Waals surface area contributed by atoms with E-state index in [2.05, 4.69) is 53.9 Å². The number of benzene rings is 2. The number of rotatable bonds is 5. The van der Waals surface area contributed by atoms with E-state index >= 15 is 0 Å². The number of nitriles is 1. The Hall–Kier alpha value is -2.42. The number of hydrogen-bond donors (Lipinski definition) is 3. The molecule has 1 saturated heterocycles. The second-order valence-corrected chi connectivity index (χ2v) is 8.44. The summed E-state index contributed by atoms with van der Waals surface area (Å²) in [6, 6.07) is 17.5. The first-order valence-corrected chi connectivity index (χ1v) is 10.5. The molecule has 2 aliphatic rings. The Bertz CT molecular complexity index is 868. The largest absolute Gasteiger partial charge is 0.333 e. The third-order valence-electron chi connectivity index (χ3n) is 6.44. The van der Waals surface area contributed by atoms with Gasteiger partial charge < -0.3 is 15.1 Å². The maximum atomic E-state index is 12.5. The van der Waals surface area contributed by atoms with Crippen molar-refractivity contribution in [2.75, 3.05) is 32.7 Å². The Morgan fingerprint density at radius 1 is 1.00 bits per heavy atom. The van der Waals surface area contributed by atoms with Gasteiger partial charge in [-0.1, -0.05) is 42.5 Å². The number of carbonyl (C=O) groups excluding carboxylic acids is 1. The van der Waals surface area contributed by atoms with Gasteiger partial charge in [0.1, 0.15) is 38.3 Å². The van der Waals surface area contributed by atoms with E-state index in [0.29, 0.717) is 6.54 Å². The van der Waals surface area contributed by atoms with E-state index in [1.54, 1.807) is 4.90 Å². The van der Waals surface area contributed by atoms with E-state index in [-0.39, 0.29) is 5.91 Å². The first-order valence-electron chi connectivity index (χ1n) is 10.5. The zero-order chi connectivity index (χ0) is 19.4. The van der Waals surface area contributed by atoms with Crippen molar-refractivity contribution in [2.24, 2.45) is 0 Å². The van der Waals surface area contributed by atoms with Crippen LogP contribution >= 0.6 is 0 Å². The lowest BCUT2D eigenvalue weighted by Gasteiger charge is -2.30. The molecule has 4 rings (SSSR count). The van der Waals surface area contributed by atoms with Crippen LogP contribution in [0.5, 0.6) is 0 Å². The molecule has 5 nitrogen and oxygen atoms in total. The summed E-state index contributed by atoms with van der Waals surface area (Å²) in [7, 11) is 0. The van der Waals surface area contributed by atoms with E-state index < -0.39 is 5.54 Å². The quantitative estimate of drug-likeness (QED) is 0.690. The number of amides is 1. The van der Waals surface area contributed by atoms with Gasteiger partial charge in [-0.25, -0.2) is 0 Å². The number of quaternary nitrogens is 2. The molecule has 0 aromatic heterocycles. The second kappa shape index (κ2) is 8.30. The molecule has 5 heteroatoms. The highest BCUT2D eigenvalue weighted by molar-refractivity contribution is 5.85. The Kier molecular flexibility index (Phi) is 5.61. The molecule has 0 bridgehead atoms. The topological polar surface area (TPSA) is 61.8 Å². The molecule has 1 saturated carbocycles. The summed E-state index contributed by atoms with van der Waals surface area (Å²) >= 11 is 0. The van der Waals surface area contributed by atoms with Gasteiger partial charge in [-0.05, 0) is 36.5 Å². The first kappa shape index (κ1) is 18.9. The number of hydrogen-bond acceptors (Lipinski definition) is 2. The third-order valence-corrected chi connectivity index (χ3v) is 6.44. The monoisotopic (exact) mass is 378 g/mol. The average molecular weight is 379 g/mol. The van der Waals surface area contributed by atoms with Gasteiger partial charge in [0, 0.05) is 5.56 Å². The van der Waals surface area contributed by atoms with E-state index in [1.807, 2.05) is 0 Å². The summed E-state index contributed by atoms with van der Waals surface area (Å²) < 4.78 is 0. The van der Waals surface area contributed by atoms with Gasteiger partial charge >= 0.3 is 0 Å². The lowest BCUT2D eigenvalue weighted by atomic mass is 10.00. The van der Waals surface area contributed by atoms with E-state index in [0.717, 1.165) is 58.4 Å². The van der Waals surface area contributed by atoms with E-state index in [9.17, 15) is 10.1 Å². The van der Waals surface area contributed by atoms with Gasteiger partial charge in [0.05, 0.1) is 6.07 Å². The molecule has 0 radical (unpaired) electrons. The molecule has 1 heterocycles. The molecule has 0 spiro atoms. The number of nitrogens with zero attached hydrogens (tertiary/aromatic N) is 1. The Labute approximate surface area is 166 Å². The van der Waals surface area contributed by atoms with Crippen LogP contribution in [0.4, 0.5) is 0 Å². The Balaban J connectivity index is 1.29. The highest BCUT2D eigenvalue weighted by Gasteiger charge is 2.36. The van der Waals surface area contributed by atoms with Crippen molar-refractivity contribution >= 4 is 16.7 Å². The van der Waals surface area contributed by atoms with Gasteiger partial charge in [0.25, 0.3) is 5.91 Å². The van der Waals surface area contributed by atoms with Crippen LogP contribution in [0.3, 0.4) is 0 Å². The average Bonchev–Trinajstić information content (AvgIpc) is 3.18. The predicted octanol–water partition coefficient (Wildman–Crippen LogP) is 0.0758. The highest BCUT2D eigenvalue weighted by Crippen LogP contribution is 2.28. The predicted molar refractivity (Wildman–Crippen MR) is 109 cm³/mol. The highest BCUT2D eigenvalue weighted by atomic mass is 16.2. The van der Waals surface area contributed by atoms with Crippen molar-refractivity contribution in [3.63, 3.8) is 0 Å². The smallest absolute Gasteiger partial charge is 0.276 e. The van der Waals surface area contributed by atoms with Crippen molar-refractivity contribution in [1.29, 1.82) is 5.26 Å². The van der Waals surface area contributed by atoms with Gasteiger partial charge in [0.15, 0.2) is 6.54 Å². The molecule has 1 aliphatic heterocycles. The van der Waals surface area contributed by atoms with Crippen molar-refractivity contribution in [3.05, 3.63) is 48.0 Å². The molecule has 2 fully saturated rings. The lowest BCUT2D eigenvalue weighted by Crippen LogP contribution is -3.28. The summed E-state index contributed by atoms with van der Waals surface area (Å²) in [4.78, 5) is 15.4. The zero-order valence-corrected chi connectivity index (χ0v) is 16.5. The van der Waals surface area contributed by atoms with E-state index in [4.69, 9.17) is 0 Å². The molecule has 146 valence electrons. The normalized spacial score (nSPS) is 24.0. The van der Waals surface area contributed by atoms with Crippen LogP contribution in [0.1, 0.15) is 31.2 Å². The summed E-state index contributed by atoms with van der Waals surface area (Å²) in [6.45, 7) is 5.70. The van der Waals surface area contributed by atoms with Gasteiger partial charge in [-0.15, -0.1) is 0 Å². The molecule has 2 aromatic carbocycles. The van der Waals surface area contributed by atoms with Crippen LogP contribution < -0.4 is 15.1 Å². The summed E-state index contributed by atoms with van der Waals surface area (Å²) in [5, 5.41) is 15.1. The van der Waals surface area contributed by atoms with Crippen LogP contribution in [0.15, 0.2) is 42.5 Å². The number of nitrogens with one attached hydrogen (secondary N) is 3. The minimum atomic E-state index is -0.599. The molecule has 3 N–H and O–H groups in total. The second-order valence-electron chi connectivity index (χ2n) is 8.44. The van der Waals surface area contributed by atoms with Crippen LogP contribution in [0.25, 0.3) is 10.8 Å². The van der Waals surface area contributed by atoms with Crippen molar-refractivity contribution in [1.82, 2.24) is 5.32 Å². The number of fused-ring (bicyclic) bond motifs is 1. The van der Waals surface area contributed by atoms with Gasteiger partial charge in [-0.2, -0.15) is 5.26 Å². The molecular weight excluding hydrogens is 348 g/mol. The van der Waals surface area contributed by atoms with E-state index in [1.165, 1.54) is 21.2 Å². The minimum absolute atomic E-state index is 0.0379. The maximum absolute atomic E-state index is 12.5. The summed E-state index contributed by atoms with van der Waals surface area (Å²) in [5.41, 5.74) is 0.810. The Morgan fingerprint density at radius 3 is 2.43 bits per heavy atom. The zero-order valence-electron chi connectivity index (χ0n) is 16.5. The molecule has 0 atom stereocenters. The Morgan fingerprint density at radius 2 is 1.68 bits per heavy atom.